The highest BCUT2D eigenvalue weighted by Gasteiger charge is 2.29. The number of benzene rings is 1. The third-order valence-electron chi connectivity index (χ3n) is 3.21. The van der Waals surface area contributed by atoms with Crippen LogP contribution in [0.1, 0.15) is 24.1 Å². The molecule has 0 spiro atoms. The molecule has 1 unspecified atom stereocenters. The third-order valence-corrected chi connectivity index (χ3v) is 3.21. The van der Waals surface area contributed by atoms with Crippen LogP contribution >= 0.6 is 0 Å². The second-order valence-electron chi connectivity index (χ2n) is 4.68. The summed E-state index contributed by atoms with van der Waals surface area (Å²) in [6.45, 7) is 3.74. The average molecular weight is 284 g/mol. The van der Waals surface area contributed by atoms with Crippen molar-refractivity contribution in [3.63, 3.8) is 0 Å². The van der Waals surface area contributed by atoms with Crippen LogP contribution in [0.5, 0.6) is 0 Å². The molecule has 0 amide bonds. The lowest BCUT2D eigenvalue weighted by atomic mass is 9.96. The van der Waals surface area contributed by atoms with E-state index in [0.29, 0.717) is 17.2 Å². The monoisotopic (exact) mass is 284 g/mol. The normalized spacial score (nSPS) is 17.4. The summed E-state index contributed by atoms with van der Waals surface area (Å²) in [5, 5.41) is 14.1. The zero-order valence-electron chi connectivity index (χ0n) is 12.1. The molecule has 0 aromatic heterocycles. The summed E-state index contributed by atoms with van der Waals surface area (Å²) in [7, 11) is 1.33. The molecule has 6 heteroatoms. The summed E-state index contributed by atoms with van der Waals surface area (Å²) in [6, 6.07) is 7.22. The van der Waals surface area contributed by atoms with Gasteiger partial charge in [0.25, 0.3) is 0 Å². The molecule has 6 nitrogen and oxygen atoms in total. The van der Waals surface area contributed by atoms with Gasteiger partial charge >= 0.3 is 5.97 Å². The van der Waals surface area contributed by atoms with E-state index in [9.17, 15) is 4.79 Å². The molecule has 0 saturated carbocycles. The number of ether oxygens (including phenoxy) is 1. The van der Waals surface area contributed by atoms with E-state index in [2.05, 4.69) is 15.6 Å². The van der Waals surface area contributed by atoms with E-state index in [1.54, 1.807) is 6.92 Å². The van der Waals surface area contributed by atoms with Crippen molar-refractivity contribution in [2.75, 3.05) is 7.11 Å². The molecule has 0 radical (unpaired) electrons. The largest absolute Gasteiger partial charge is 0.466 e. The highest BCUT2D eigenvalue weighted by atomic mass is 16.5. The van der Waals surface area contributed by atoms with Crippen LogP contribution < -0.4 is 10.6 Å². The van der Waals surface area contributed by atoms with Gasteiger partial charge in [-0.15, -0.1) is 0 Å². The fourth-order valence-corrected chi connectivity index (χ4v) is 2.16. The zero-order chi connectivity index (χ0) is 15.4. The van der Waals surface area contributed by atoms with Gasteiger partial charge in [0.15, 0.2) is 6.19 Å². The summed E-state index contributed by atoms with van der Waals surface area (Å²) in [5.74, 6) is -0.126. The highest BCUT2D eigenvalue weighted by Crippen LogP contribution is 2.31. The maximum absolute atomic E-state index is 12.0. The van der Waals surface area contributed by atoms with Crippen LogP contribution in [0.3, 0.4) is 0 Å². The van der Waals surface area contributed by atoms with E-state index in [-0.39, 0.29) is 0 Å². The summed E-state index contributed by atoms with van der Waals surface area (Å²) >= 11 is 0. The minimum Gasteiger partial charge on any atom is -0.466 e. The number of nitriles is 1. The molecule has 0 bridgehead atoms. The number of carbonyl (C=O) groups excluding carboxylic acids is 1. The van der Waals surface area contributed by atoms with Crippen LogP contribution in [-0.2, 0) is 9.53 Å². The van der Waals surface area contributed by atoms with Crippen molar-refractivity contribution < 1.29 is 9.53 Å². The van der Waals surface area contributed by atoms with Crippen LogP contribution in [0.15, 0.2) is 40.5 Å². The Labute approximate surface area is 123 Å². The molecule has 2 rings (SSSR count). The van der Waals surface area contributed by atoms with Gasteiger partial charge in [-0.1, -0.05) is 29.8 Å². The van der Waals surface area contributed by atoms with Crippen molar-refractivity contribution in [2.45, 2.75) is 19.9 Å². The maximum Gasteiger partial charge on any atom is 0.338 e. The Morgan fingerprint density at radius 3 is 2.62 bits per heavy atom. The molecule has 1 aromatic carbocycles. The first kappa shape index (κ1) is 14.6. The maximum atomic E-state index is 12.0. The highest BCUT2D eigenvalue weighted by molar-refractivity contribution is 5.95. The molecular weight excluding hydrogens is 268 g/mol. The van der Waals surface area contributed by atoms with Crippen molar-refractivity contribution in [2.24, 2.45) is 4.99 Å². The Kier molecular flexibility index (Phi) is 4.24. The van der Waals surface area contributed by atoms with Crippen molar-refractivity contribution in [3.05, 3.63) is 46.7 Å². The predicted octanol–water partition coefficient (Wildman–Crippen LogP) is 1.51. The SMILES string of the molecule is COC(=O)C1=C(C)NC(NC#N)=NC1c1ccc(C)cc1. The summed E-state index contributed by atoms with van der Waals surface area (Å²) in [6.07, 6.45) is 1.82. The Morgan fingerprint density at radius 1 is 1.38 bits per heavy atom. The Bertz CT molecular complexity index is 653. The number of allylic oxidation sites excluding steroid dienone is 1. The van der Waals surface area contributed by atoms with Gasteiger partial charge in [0.2, 0.25) is 5.96 Å². The van der Waals surface area contributed by atoms with Crippen LogP contribution in [0.25, 0.3) is 0 Å². The van der Waals surface area contributed by atoms with Gasteiger partial charge in [-0.2, -0.15) is 5.26 Å². The van der Waals surface area contributed by atoms with Crippen molar-refractivity contribution >= 4 is 11.9 Å². The average Bonchev–Trinajstić information content (AvgIpc) is 2.47. The molecule has 1 heterocycles. The van der Waals surface area contributed by atoms with E-state index in [4.69, 9.17) is 10.00 Å². The summed E-state index contributed by atoms with van der Waals surface area (Å²) in [4.78, 5) is 16.4. The number of hydrogen-bond acceptors (Lipinski definition) is 6. The number of nitrogens with zero attached hydrogens (tertiary/aromatic N) is 2. The Hall–Kier alpha value is -2.81. The number of guanidine groups is 1. The summed E-state index contributed by atoms with van der Waals surface area (Å²) < 4.78 is 4.84. The first-order valence-electron chi connectivity index (χ1n) is 6.42. The van der Waals surface area contributed by atoms with Gasteiger partial charge in [-0.05, 0) is 19.4 Å². The van der Waals surface area contributed by atoms with Crippen LogP contribution in [0.4, 0.5) is 0 Å². The van der Waals surface area contributed by atoms with Gasteiger partial charge in [0, 0.05) is 5.70 Å². The fraction of sp³-hybridized carbons (Fsp3) is 0.267. The minimum atomic E-state index is -0.504. The lowest BCUT2D eigenvalue weighted by Crippen LogP contribution is -2.39. The van der Waals surface area contributed by atoms with E-state index in [1.807, 2.05) is 37.4 Å². The zero-order valence-corrected chi connectivity index (χ0v) is 12.1. The molecule has 0 aliphatic carbocycles. The number of aryl methyl sites for hydroxylation is 1. The number of rotatable bonds is 2. The van der Waals surface area contributed by atoms with Crippen molar-refractivity contribution in [3.8, 4) is 6.19 Å². The van der Waals surface area contributed by atoms with Crippen LogP contribution in [0.2, 0.25) is 0 Å². The Balaban J connectivity index is 2.48. The number of esters is 1. The fourth-order valence-electron chi connectivity index (χ4n) is 2.16. The molecule has 21 heavy (non-hydrogen) atoms. The topological polar surface area (TPSA) is 86.5 Å². The second kappa shape index (κ2) is 6.09. The lowest BCUT2D eigenvalue weighted by Gasteiger charge is -2.25. The third kappa shape index (κ3) is 3.03. The Morgan fingerprint density at radius 2 is 2.05 bits per heavy atom. The van der Waals surface area contributed by atoms with E-state index in [1.165, 1.54) is 7.11 Å². The quantitative estimate of drug-likeness (QED) is 0.488. The first-order chi connectivity index (χ1) is 10.1. The van der Waals surface area contributed by atoms with Gasteiger partial charge < -0.3 is 10.1 Å². The number of nitrogens with one attached hydrogen (secondary N) is 2. The smallest absolute Gasteiger partial charge is 0.338 e. The summed E-state index contributed by atoms with van der Waals surface area (Å²) in [5.41, 5.74) is 3.02. The molecule has 0 saturated heterocycles. The molecular formula is C15H16N4O2. The first-order valence-corrected chi connectivity index (χ1v) is 6.42. The van der Waals surface area contributed by atoms with E-state index in [0.717, 1.165) is 11.1 Å². The predicted molar refractivity (Wildman–Crippen MR) is 78.0 cm³/mol. The lowest BCUT2D eigenvalue weighted by molar-refractivity contribution is -0.136. The minimum absolute atomic E-state index is 0.313. The number of aliphatic imine (C=N–C) groups is 1. The van der Waals surface area contributed by atoms with Crippen molar-refractivity contribution in [1.29, 1.82) is 5.26 Å². The van der Waals surface area contributed by atoms with Crippen LogP contribution in [0, 0.1) is 18.4 Å². The number of methoxy groups -OCH3 is 1. The van der Waals surface area contributed by atoms with Gasteiger partial charge in [0.1, 0.15) is 6.04 Å². The number of hydrogen-bond donors (Lipinski definition) is 2. The van der Waals surface area contributed by atoms with E-state index >= 15 is 0 Å². The van der Waals surface area contributed by atoms with Crippen molar-refractivity contribution in [1.82, 2.24) is 10.6 Å². The molecule has 1 atom stereocenters. The molecule has 1 aliphatic rings. The molecule has 2 N–H and O–H groups in total. The molecule has 1 aliphatic heterocycles. The molecule has 0 fully saturated rings. The van der Waals surface area contributed by atoms with Crippen LogP contribution in [-0.4, -0.2) is 19.0 Å². The molecule has 108 valence electrons. The molecule has 1 aromatic rings. The van der Waals surface area contributed by atoms with Gasteiger partial charge in [0.05, 0.1) is 12.7 Å². The van der Waals surface area contributed by atoms with Gasteiger partial charge in [-0.3, -0.25) is 5.32 Å². The number of carbonyl (C=O) groups is 1. The second-order valence-corrected chi connectivity index (χ2v) is 4.68. The standard InChI is InChI=1S/C15H16N4O2/c1-9-4-6-11(7-5-9)13-12(14(20)21-3)10(2)18-15(19-13)17-8-16/h4-7,13H,1-3H3,(H2,17,18,19). The van der Waals surface area contributed by atoms with E-state index < -0.39 is 12.0 Å². The van der Waals surface area contributed by atoms with Gasteiger partial charge in [-0.25, -0.2) is 9.79 Å².